The van der Waals surface area contributed by atoms with Gasteiger partial charge in [-0.2, -0.15) is 0 Å². The van der Waals surface area contributed by atoms with Crippen LogP contribution in [0, 0.1) is 5.92 Å². The van der Waals surface area contributed by atoms with E-state index >= 15 is 0 Å². The summed E-state index contributed by atoms with van der Waals surface area (Å²) in [5.41, 5.74) is 0. The average molecular weight is 892 g/mol. The first kappa shape index (κ1) is 61.4. The molecule has 0 radical (unpaired) electrons. The van der Waals surface area contributed by atoms with E-state index in [1.807, 2.05) is 0 Å². The van der Waals surface area contributed by atoms with Crippen molar-refractivity contribution in [1.29, 1.82) is 0 Å². The molecule has 0 saturated carbocycles. The standard InChI is InChI=1S/C57H110O6/c1-5-8-10-12-14-16-18-20-22-24-25-26-28-30-32-34-36-41-45-49-56(59)62-52-54(63-57(60)50-46-42-38-37-39-43-47-53(4)7-3)51-61-55(58)48-44-40-35-33-31-29-27-23-21-19-17-15-13-11-9-6-2/h53-54H,5-52H2,1-4H3/t53?,54-/m1/s1. The minimum absolute atomic E-state index is 0.0633. The predicted octanol–water partition coefficient (Wildman–Crippen LogP) is 18.6. The molecule has 374 valence electrons. The summed E-state index contributed by atoms with van der Waals surface area (Å²) in [5.74, 6) is -0.0325. The monoisotopic (exact) mass is 891 g/mol. The predicted molar refractivity (Wildman–Crippen MR) is 270 cm³/mol. The van der Waals surface area contributed by atoms with Gasteiger partial charge in [-0.3, -0.25) is 14.4 Å². The Hall–Kier alpha value is -1.59. The van der Waals surface area contributed by atoms with E-state index in [9.17, 15) is 14.4 Å². The number of carbonyl (C=O) groups excluding carboxylic acids is 3. The fourth-order valence-electron chi connectivity index (χ4n) is 8.72. The number of unbranched alkanes of at least 4 members (excludes halogenated alkanes) is 38. The number of carbonyl (C=O) groups is 3. The normalized spacial score (nSPS) is 12.4. The van der Waals surface area contributed by atoms with Crippen LogP contribution in [0.25, 0.3) is 0 Å². The zero-order chi connectivity index (χ0) is 45.9. The second-order valence-corrected chi connectivity index (χ2v) is 19.8. The van der Waals surface area contributed by atoms with Crippen LogP contribution in [0.1, 0.15) is 323 Å². The molecule has 0 aromatic heterocycles. The van der Waals surface area contributed by atoms with Crippen molar-refractivity contribution in [2.45, 2.75) is 329 Å². The molecule has 2 atom stereocenters. The van der Waals surface area contributed by atoms with E-state index in [0.29, 0.717) is 19.3 Å². The van der Waals surface area contributed by atoms with Gasteiger partial charge in [-0.25, -0.2) is 0 Å². The van der Waals surface area contributed by atoms with Crippen LogP contribution in [-0.2, 0) is 28.6 Å². The maximum atomic E-state index is 12.8. The molecule has 0 saturated heterocycles. The van der Waals surface area contributed by atoms with E-state index in [-0.39, 0.29) is 31.1 Å². The molecular weight excluding hydrogens is 781 g/mol. The molecular formula is C57H110O6. The number of ether oxygens (including phenoxy) is 3. The Kier molecular flexibility index (Phi) is 50.1. The summed E-state index contributed by atoms with van der Waals surface area (Å²) in [4.78, 5) is 38.0. The molecule has 0 bridgehead atoms. The zero-order valence-corrected chi connectivity index (χ0v) is 43.0. The highest BCUT2D eigenvalue weighted by atomic mass is 16.6. The van der Waals surface area contributed by atoms with Crippen LogP contribution >= 0.6 is 0 Å². The third-order valence-electron chi connectivity index (χ3n) is 13.4. The Morgan fingerprint density at radius 2 is 0.556 bits per heavy atom. The van der Waals surface area contributed by atoms with Crippen LogP contribution in [-0.4, -0.2) is 37.2 Å². The molecule has 0 rings (SSSR count). The second kappa shape index (κ2) is 51.4. The molecule has 63 heavy (non-hydrogen) atoms. The van der Waals surface area contributed by atoms with Crippen molar-refractivity contribution in [3.05, 3.63) is 0 Å². The van der Waals surface area contributed by atoms with Crippen LogP contribution in [0.5, 0.6) is 0 Å². The Balaban J connectivity index is 4.22. The largest absolute Gasteiger partial charge is 0.462 e. The van der Waals surface area contributed by atoms with E-state index in [1.165, 1.54) is 218 Å². The molecule has 0 amide bonds. The Bertz CT molecular complexity index is 951. The molecule has 0 spiro atoms. The van der Waals surface area contributed by atoms with Crippen LogP contribution in [0.4, 0.5) is 0 Å². The highest BCUT2D eigenvalue weighted by molar-refractivity contribution is 5.71. The topological polar surface area (TPSA) is 78.9 Å². The molecule has 0 aliphatic carbocycles. The fraction of sp³-hybridized carbons (Fsp3) is 0.947. The molecule has 0 aromatic carbocycles. The van der Waals surface area contributed by atoms with Crippen molar-refractivity contribution in [2.24, 2.45) is 5.92 Å². The van der Waals surface area contributed by atoms with Crippen LogP contribution in [0.2, 0.25) is 0 Å². The first-order valence-corrected chi connectivity index (χ1v) is 28.4. The highest BCUT2D eigenvalue weighted by Gasteiger charge is 2.19. The van der Waals surface area contributed by atoms with Crippen molar-refractivity contribution in [3.8, 4) is 0 Å². The number of esters is 3. The Morgan fingerprint density at radius 3 is 0.825 bits per heavy atom. The summed E-state index contributed by atoms with van der Waals surface area (Å²) in [6.45, 7) is 9.02. The zero-order valence-electron chi connectivity index (χ0n) is 43.0. The van der Waals surface area contributed by atoms with Gasteiger partial charge in [-0.15, -0.1) is 0 Å². The lowest BCUT2D eigenvalue weighted by Gasteiger charge is -2.18. The molecule has 6 nitrogen and oxygen atoms in total. The summed E-state index contributed by atoms with van der Waals surface area (Å²) in [7, 11) is 0. The van der Waals surface area contributed by atoms with Gasteiger partial charge in [0.1, 0.15) is 13.2 Å². The van der Waals surface area contributed by atoms with Gasteiger partial charge in [0.15, 0.2) is 6.10 Å². The second-order valence-electron chi connectivity index (χ2n) is 19.8. The van der Waals surface area contributed by atoms with Crippen LogP contribution in [0.3, 0.4) is 0 Å². The molecule has 6 heteroatoms. The van der Waals surface area contributed by atoms with E-state index in [4.69, 9.17) is 14.2 Å². The fourth-order valence-corrected chi connectivity index (χ4v) is 8.72. The summed E-state index contributed by atoms with van der Waals surface area (Å²) in [6, 6.07) is 0. The molecule has 1 unspecified atom stereocenters. The molecule has 0 fully saturated rings. The van der Waals surface area contributed by atoms with E-state index in [1.54, 1.807) is 0 Å². The third kappa shape index (κ3) is 49.7. The molecule has 0 aliphatic heterocycles. The average Bonchev–Trinajstić information content (AvgIpc) is 3.28. The maximum Gasteiger partial charge on any atom is 0.306 e. The lowest BCUT2D eigenvalue weighted by atomic mass is 10.00. The summed E-state index contributed by atoms with van der Waals surface area (Å²) < 4.78 is 16.9. The number of hydrogen-bond acceptors (Lipinski definition) is 6. The van der Waals surface area contributed by atoms with Crippen molar-refractivity contribution >= 4 is 17.9 Å². The first-order chi connectivity index (χ1) is 30.9. The van der Waals surface area contributed by atoms with Gasteiger partial charge in [0.05, 0.1) is 0 Å². The van der Waals surface area contributed by atoms with Gasteiger partial charge < -0.3 is 14.2 Å². The lowest BCUT2D eigenvalue weighted by molar-refractivity contribution is -0.167. The van der Waals surface area contributed by atoms with Gasteiger partial charge in [0.25, 0.3) is 0 Å². The van der Waals surface area contributed by atoms with Gasteiger partial charge >= 0.3 is 17.9 Å². The van der Waals surface area contributed by atoms with Crippen LogP contribution < -0.4 is 0 Å². The van der Waals surface area contributed by atoms with Crippen LogP contribution in [0.15, 0.2) is 0 Å². The first-order valence-electron chi connectivity index (χ1n) is 28.4. The quantitative estimate of drug-likeness (QED) is 0.0344. The summed E-state index contributed by atoms with van der Waals surface area (Å²) in [6.07, 6.45) is 55.3. The van der Waals surface area contributed by atoms with Crippen molar-refractivity contribution in [2.75, 3.05) is 13.2 Å². The molecule has 0 aromatic rings. The third-order valence-corrected chi connectivity index (χ3v) is 13.4. The Morgan fingerprint density at radius 1 is 0.317 bits per heavy atom. The highest BCUT2D eigenvalue weighted by Crippen LogP contribution is 2.18. The van der Waals surface area contributed by atoms with Crippen molar-refractivity contribution in [1.82, 2.24) is 0 Å². The SMILES string of the molecule is CCCCCCCCCCCCCCCCCCCCCC(=O)OC[C@@H](COC(=O)CCCCCCCCCCCCCCCCCC)OC(=O)CCCCCCCCC(C)CC. The van der Waals surface area contributed by atoms with Crippen molar-refractivity contribution in [3.63, 3.8) is 0 Å². The smallest absolute Gasteiger partial charge is 0.306 e. The van der Waals surface area contributed by atoms with Gasteiger partial charge in [0, 0.05) is 19.3 Å². The maximum absolute atomic E-state index is 12.8. The lowest BCUT2D eigenvalue weighted by Crippen LogP contribution is -2.30. The van der Waals surface area contributed by atoms with E-state index < -0.39 is 6.10 Å². The summed E-state index contributed by atoms with van der Waals surface area (Å²) >= 11 is 0. The minimum Gasteiger partial charge on any atom is -0.462 e. The number of hydrogen-bond donors (Lipinski definition) is 0. The molecule has 0 heterocycles. The number of rotatable bonds is 52. The summed E-state index contributed by atoms with van der Waals surface area (Å²) in [5, 5.41) is 0. The molecule has 0 aliphatic rings. The minimum atomic E-state index is -0.762. The van der Waals surface area contributed by atoms with Gasteiger partial charge in [-0.1, -0.05) is 285 Å². The Labute approximate surface area is 393 Å². The van der Waals surface area contributed by atoms with Gasteiger partial charge in [0.2, 0.25) is 0 Å². The van der Waals surface area contributed by atoms with E-state index in [2.05, 4.69) is 27.7 Å². The van der Waals surface area contributed by atoms with Gasteiger partial charge in [-0.05, 0) is 25.2 Å². The van der Waals surface area contributed by atoms with E-state index in [0.717, 1.165) is 63.7 Å². The van der Waals surface area contributed by atoms with Crippen molar-refractivity contribution < 1.29 is 28.6 Å². The molecule has 0 N–H and O–H groups in total.